The molecule has 1 heterocycles. The summed E-state index contributed by atoms with van der Waals surface area (Å²) in [6.07, 6.45) is 1.74. The van der Waals surface area contributed by atoms with Crippen LogP contribution in [-0.2, 0) is 4.79 Å². The number of rotatable bonds is 5. The van der Waals surface area contributed by atoms with Crippen LogP contribution in [0.1, 0.15) is 16.7 Å². The van der Waals surface area contributed by atoms with Crippen LogP contribution >= 0.6 is 15.9 Å². The summed E-state index contributed by atoms with van der Waals surface area (Å²) >= 11 is 3.46. The molecule has 0 spiro atoms. The summed E-state index contributed by atoms with van der Waals surface area (Å²) in [4.78, 5) is 19.8. The van der Waals surface area contributed by atoms with Crippen molar-refractivity contribution >= 4 is 39.4 Å². The SMILES string of the molecule is COc1ccc(/C=C2/N=C(c3ccc(Br)cc3)N(c3ccc(C)cc3)C2=O)c(OC)c1. The van der Waals surface area contributed by atoms with Crippen molar-refractivity contribution in [3.63, 3.8) is 0 Å². The smallest absolute Gasteiger partial charge is 0.282 e. The third-order valence-corrected chi connectivity index (χ3v) is 5.52. The molecule has 6 heteroatoms. The molecule has 0 N–H and O–H groups in total. The number of halogens is 1. The van der Waals surface area contributed by atoms with Crippen LogP contribution in [-0.4, -0.2) is 26.0 Å². The Labute approximate surface area is 189 Å². The molecule has 5 nitrogen and oxygen atoms in total. The fraction of sp³-hybridized carbons (Fsp3) is 0.120. The molecule has 31 heavy (non-hydrogen) atoms. The summed E-state index contributed by atoms with van der Waals surface area (Å²) in [7, 11) is 3.18. The topological polar surface area (TPSA) is 51.1 Å². The van der Waals surface area contributed by atoms with Crippen LogP contribution < -0.4 is 14.4 Å². The van der Waals surface area contributed by atoms with E-state index in [9.17, 15) is 4.79 Å². The number of carbonyl (C=O) groups is 1. The second-order valence-corrected chi connectivity index (χ2v) is 7.97. The second kappa shape index (κ2) is 8.78. The molecule has 0 unspecified atom stereocenters. The Morgan fingerprint density at radius 2 is 1.65 bits per heavy atom. The summed E-state index contributed by atoms with van der Waals surface area (Å²) in [6.45, 7) is 2.01. The van der Waals surface area contributed by atoms with Crippen molar-refractivity contribution in [2.24, 2.45) is 4.99 Å². The molecule has 156 valence electrons. The Morgan fingerprint density at radius 3 is 2.29 bits per heavy atom. The van der Waals surface area contributed by atoms with E-state index >= 15 is 0 Å². The van der Waals surface area contributed by atoms with Gasteiger partial charge in [-0.1, -0.05) is 45.8 Å². The molecule has 1 aliphatic rings. The summed E-state index contributed by atoms with van der Waals surface area (Å²) in [5.41, 5.74) is 3.82. The van der Waals surface area contributed by atoms with E-state index in [2.05, 4.69) is 15.9 Å². The molecule has 0 aromatic heterocycles. The van der Waals surface area contributed by atoms with Crippen LogP contribution in [0, 0.1) is 6.92 Å². The van der Waals surface area contributed by atoms with Crippen molar-refractivity contribution in [1.29, 1.82) is 0 Å². The summed E-state index contributed by atoms with van der Waals surface area (Å²) in [5, 5.41) is 0. The molecule has 0 fully saturated rings. The van der Waals surface area contributed by atoms with Gasteiger partial charge in [0.25, 0.3) is 5.91 Å². The number of amidine groups is 1. The molecule has 0 saturated heterocycles. The highest BCUT2D eigenvalue weighted by Crippen LogP contribution is 2.31. The summed E-state index contributed by atoms with van der Waals surface area (Å²) in [6, 6.07) is 21.0. The molecule has 0 aliphatic carbocycles. The van der Waals surface area contributed by atoms with E-state index < -0.39 is 0 Å². The van der Waals surface area contributed by atoms with Crippen molar-refractivity contribution in [3.8, 4) is 11.5 Å². The van der Waals surface area contributed by atoms with Crippen molar-refractivity contribution in [2.75, 3.05) is 19.1 Å². The molecule has 0 saturated carbocycles. The van der Waals surface area contributed by atoms with E-state index in [1.165, 1.54) is 0 Å². The lowest BCUT2D eigenvalue weighted by atomic mass is 10.1. The third-order valence-electron chi connectivity index (χ3n) is 4.99. The van der Waals surface area contributed by atoms with Crippen LogP contribution in [0.3, 0.4) is 0 Å². The maximum absolute atomic E-state index is 13.4. The number of ether oxygens (including phenoxy) is 2. The molecule has 4 rings (SSSR count). The summed E-state index contributed by atoms with van der Waals surface area (Å²) in [5.74, 6) is 1.67. The van der Waals surface area contributed by atoms with Crippen LogP contribution in [0.25, 0.3) is 6.08 Å². The van der Waals surface area contributed by atoms with E-state index in [-0.39, 0.29) is 5.91 Å². The number of anilines is 1. The van der Waals surface area contributed by atoms with E-state index in [0.717, 1.165) is 26.9 Å². The van der Waals surface area contributed by atoms with E-state index in [4.69, 9.17) is 14.5 Å². The van der Waals surface area contributed by atoms with Gasteiger partial charge < -0.3 is 9.47 Å². The minimum Gasteiger partial charge on any atom is -0.497 e. The van der Waals surface area contributed by atoms with Gasteiger partial charge in [0.1, 0.15) is 23.0 Å². The number of hydrogen-bond donors (Lipinski definition) is 0. The maximum Gasteiger partial charge on any atom is 0.282 e. The van der Waals surface area contributed by atoms with E-state index in [1.54, 1.807) is 31.3 Å². The Balaban J connectivity index is 1.82. The average molecular weight is 477 g/mol. The van der Waals surface area contributed by atoms with Crippen molar-refractivity contribution in [1.82, 2.24) is 0 Å². The number of methoxy groups -OCH3 is 2. The van der Waals surface area contributed by atoms with Gasteiger partial charge in [-0.25, -0.2) is 4.99 Å². The van der Waals surface area contributed by atoms with E-state index in [0.29, 0.717) is 23.0 Å². The van der Waals surface area contributed by atoms with Gasteiger partial charge in [0.2, 0.25) is 0 Å². The first-order valence-corrected chi connectivity index (χ1v) is 10.5. The first-order chi connectivity index (χ1) is 15.0. The molecule has 1 aliphatic heterocycles. The molecule has 3 aromatic rings. The van der Waals surface area contributed by atoms with Gasteiger partial charge >= 0.3 is 0 Å². The third kappa shape index (κ3) is 4.25. The van der Waals surface area contributed by atoms with Gasteiger partial charge in [-0.15, -0.1) is 0 Å². The Kier molecular flexibility index (Phi) is 5.91. The van der Waals surface area contributed by atoms with E-state index in [1.807, 2.05) is 67.6 Å². The number of amides is 1. The fourth-order valence-corrected chi connectivity index (χ4v) is 3.59. The van der Waals surface area contributed by atoms with Gasteiger partial charge in [-0.05, 0) is 49.4 Å². The average Bonchev–Trinajstić information content (AvgIpc) is 3.11. The molecule has 3 aromatic carbocycles. The first-order valence-electron chi connectivity index (χ1n) is 9.69. The number of nitrogens with zero attached hydrogens (tertiary/aromatic N) is 2. The monoisotopic (exact) mass is 476 g/mol. The highest BCUT2D eigenvalue weighted by molar-refractivity contribution is 9.10. The largest absolute Gasteiger partial charge is 0.497 e. The van der Waals surface area contributed by atoms with Crippen LogP contribution in [0.5, 0.6) is 11.5 Å². The molecule has 0 bridgehead atoms. The Morgan fingerprint density at radius 1 is 0.935 bits per heavy atom. The van der Waals surface area contributed by atoms with Gasteiger partial charge in [-0.3, -0.25) is 9.69 Å². The fourth-order valence-electron chi connectivity index (χ4n) is 3.33. The first kappa shape index (κ1) is 20.9. The number of benzene rings is 3. The van der Waals surface area contributed by atoms with Crippen LogP contribution in [0.2, 0.25) is 0 Å². The standard InChI is InChI=1S/C25H21BrN2O3/c1-16-4-11-20(12-5-16)28-24(17-6-9-19(26)10-7-17)27-22(25(28)29)14-18-8-13-21(30-2)15-23(18)31-3/h4-15H,1-3H3/b22-14+. The minimum absolute atomic E-state index is 0.195. The zero-order valence-corrected chi connectivity index (χ0v) is 19.0. The zero-order valence-electron chi connectivity index (χ0n) is 17.4. The maximum atomic E-state index is 13.4. The second-order valence-electron chi connectivity index (χ2n) is 7.06. The Hall–Kier alpha value is -3.38. The number of aliphatic imine (C=N–C) groups is 1. The number of aryl methyl sites for hydroxylation is 1. The van der Waals surface area contributed by atoms with Crippen LogP contribution in [0.4, 0.5) is 5.69 Å². The molecule has 1 amide bonds. The quantitative estimate of drug-likeness (QED) is 0.449. The lowest BCUT2D eigenvalue weighted by Crippen LogP contribution is -2.32. The van der Waals surface area contributed by atoms with Crippen molar-refractivity contribution < 1.29 is 14.3 Å². The highest BCUT2D eigenvalue weighted by Gasteiger charge is 2.32. The normalized spacial score (nSPS) is 14.7. The van der Waals surface area contributed by atoms with Gasteiger partial charge in [0, 0.05) is 21.7 Å². The predicted octanol–water partition coefficient (Wildman–Crippen LogP) is 5.61. The molecule has 0 atom stereocenters. The minimum atomic E-state index is -0.195. The van der Waals surface area contributed by atoms with Gasteiger partial charge in [0.15, 0.2) is 0 Å². The molecule has 0 radical (unpaired) electrons. The Bertz CT molecular complexity index is 1180. The number of hydrogen-bond acceptors (Lipinski definition) is 4. The van der Waals surface area contributed by atoms with Gasteiger partial charge in [0.05, 0.1) is 19.9 Å². The lowest BCUT2D eigenvalue weighted by molar-refractivity contribution is -0.113. The summed E-state index contributed by atoms with van der Waals surface area (Å²) < 4.78 is 11.7. The number of carbonyl (C=O) groups excluding carboxylic acids is 1. The zero-order chi connectivity index (χ0) is 22.0. The van der Waals surface area contributed by atoms with Crippen molar-refractivity contribution in [3.05, 3.63) is 93.6 Å². The highest BCUT2D eigenvalue weighted by atomic mass is 79.9. The predicted molar refractivity (Wildman–Crippen MR) is 127 cm³/mol. The molecular weight excluding hydrogens is 456 g/mol. The van der Waals surface area contributed by atoms with Crippen molar-refractivity contribution in [2.45, 2.75) is 6.92 Å². The lowest BCUT2D eigenvalue weighted by Gasteiger charge is -2.18. The molecular formula is C25H21BrN2O3. The van der Waals surface area contributed by atoms with Crippen LogP contribution in [0.15, 0.2) is 81.9 Å². The van der Waals surface area contributed by atoms with Gasteiger partial charge in [-0.2, -0.15) is 0 Å².